The number of methoxy groups -OCH3 is 1. The summed E-state index contributed by atoms with van der Waals surface area (Å²) in [4.78, 5) is 13.6. The number of benzene rings is 1. The molecule has 0 heterocycles. The molecule has 0 aliphatic carbocycles. The molecular formula is C9H9N3O4S. The third-order valence-corrected chi connectivity index (χ3v) is 2.86. The lowest BCUT2D eigenvalue weighted by atomic mass is 10.1. The van der Waals surface area contributed by atoms with Gasteiger partial charge in [-0.3, -0.25) is 4.79 Å². The van der Waals surface area contributed by atoms with E-state index in [0.717, 1.165) is 6.07 Å². The van der Waals surface area contributed by atoms with Crippen molar-refractivity contribution in [3.05, 3.63) is 29.3 Å². The van der Waals surface area contributed by atoms with Crippen molar-refractivity contribution in [3.8, 4) is 5.75 Å². The summed E-state index contributed by atoms with van der Waals surface area (Å²) < 4.78 is 27.3. The van der Waals surface area contributed by atoms with Crippen LogP contribution in [0.3, 0.4) is 0 Å². The molecule has 1 aromatic carbocycles. The molecule has 0 fully saturated rings. The summed E-state index contributed by atoms with van der Waals surface area (Å²) in [6, 6.07) is 3.67. The van der Waals surface area contributed by atoms with Gasteiger partial charge in [-0.25, -0.2) is 13.6 Å². The topological polar surface area (TPSA) is 123 Å². The lowest BCUT2D eigenvalue weighted by molar-refractivity contribution is 0.00234. The molecule has 2 N–H and O–H groups in total. The van der Waals surface area contributed by atoms with Crippen molar-refractivity contribution in [2.45, 2.75) is 4.90 Å². The third kappa shape index (κ3) is 2.97. The molecule has 0 aliphatic rings. The molecule has 1 aromatic rings. The van der Waals surface area contributed by atoms with E-state index in [1.54, 1.807) is 0 Å². The summed E-state index contributed by atoms with van der Waals surface area (Å²) in [5.41, 5.74) is 8.23. The number of rotatable bonds is 4. The number of carbonyl (C=O) groups excluding carboxylic acids is 1. The number of hydrogen-bond acceptors (Lipinski definition) is 4. The Morgan fingerprint density at radius 1 is 1.53 bits per heavy atom. The van der Waals surface area contributed by atoms with E-state index in [-0.39, 0.29) is 16.2 Å². The van der Waals surface area contributed by atoms with Crippen LogP contribution < -0.4 is 9.88 Å². The van der Waals surface area contributed by atoms with Gasteiger partial charge in [-0.1, -0.05) is 0 Å². The van der Waals surface area contributed by atoms with Gasteiger partial charge in [0.05, 0.1) is 7.11 Å². The summed E-state index contributed by atoms with van der Waals surface area (Å²) in [6.07, 6.45) is 0.648. The summed E-state index contributed by atoms with van der Waals surface area (Å²) >= 11 is 0. The molecule has 90 valence electrons. The maximum absolute atomic E-state index is 11.3. The quantitative estimate of drug-likeness (QED) is 0.347. The maximum atomic E-state index is 11.3. The largest absolute Gasteiger partial charge is 0.495 e. The first kappa shape index (κ1) is 13.0. The van der Waals surface area contributed by atoms with E-state index in [1.165, 1.54) is 19.2 Å². The third-order valence-electron chi connectivity index (χ3n) is 1.93. The van der Waals surface area contributed by atoms with E-state index >= 15 is 0 Å². The van der Waals surface area contributed by atoms with Crippen LogP contribution in [0.25, 0.3) is 5.53 Å². The zero-order valence-electron chi connectivity index (χ0n) is 8.82. The predicted octanol–water partition coefficient (Wildman–Crippen LogP) is -0.174. The molecule has 1 rings (SSSR count). The molecular weight excluding hydrogens is 246 g/mol. The number of nitrogens with zero attached hydrogens (tertiary/aromatic N) is 2. The Bertz CT molecular complexity index is 603. The van der Waals surface area contributed by atoms with Crippen LogP contribution in [0.1, 0.15) is 10.4 Å². The van der Waals surface area contributed by atoms with Gasteiger partial charge in [0.2, 0.25) is 10.0 Å². The summed E-state index contributed by atoms with van der Waals surface area (Å²) in [5, 5.41) is 4.97. The van der Waals surface area contributed by atoms with E-state index in [9.17, 15) is 13.2 Å². The fourth-order valence-electron chi connectivity index (χ4n) is 1.18. The Kier molecular flexibility index (Phi) is 3.74. The predicted molar refractivity (Wildman–Crippen MR) is 58.4 cm³/mol. The highest BCUT2D eigenvalue weighted by Crippen LogP contribution is 2.23. The molecule has 0 aliphatic heterocycles. The van der Waals surface area contributed by atoms with Gasteiger partial charge < -0.3 is 10.3 Å². The SMILES string of the molecule is COc1ccc(C(=O)C=[N+]=[N-])cc1S(N)(=O)=O. The van der Waals surface area contributed by atoms with Crippen molar-refractivity contribution in [1.29, 1.82) is 0 Å². The highest BCUT2D eigenvalue weighted by Gasteiger charge is 2.18. The second-order valence-corrected chi connectivity index (χ2v) is 4.55. The number of carbonyl (C=O) groups is 1. The first-order chi connectivity index (χ1) is 7.90. The Morgan fingerprint density at radius 2 is 2.18 bits per heavy atom. The standard InChI is InChI=1S/C9H9N3O4S/c1-16-8-3-2-6(7(13)5-12-10)4-9(8)17(11,14)15/h2-5H,1H3,(H2,11,14,15). The maximum Gasteiger partial charge on any atom is 0.328 e. The molecule has 8 heteroatoms. The number of Topliss-reactive ketones (excluding diaryl/α,β-unsaturated/α-hetero) is 1. The van der Waals surface area contributed by atoms with Gasteiger partial charge in [0.1, 0.15) is 10.6 Å². The zero-order valence-corrected chi connectivity index (χ0v) is 9.64. The second-order valence-electron chi connectivity index (χ2n) is 3.02. The number of ketones is 1. The van der Waals surface area contributed by atoms with Crippen molar-refractivity contribution in [1.82, 2.24) is 0 Å². The first-order valence-electron chi connectivity index (χ1n) is 4.32. The Balaban J connectivity index is 3.43. The minimum absolute atomic E-state index is 0.0209. The van der Waals surface area contributed by atoms with Crippen LogP contribution in [0.2, 0.25) is 0 Å². The van der Waals surface area contributed by atoms with Gasteiger partial charge >= 0.3 is 6.21 Å². The van der Waals surface area contributed by atoms with Crippen LogP contribution in [0.4, 0.5) is 0 Å². The molecule has 0 aromatic heterocycles. The molecule has 0 saturated carbocycles. The van der Waals surface area contributed by atoms with E-state index in [2.05, 4.69) is 4.79 Å². The van der Waals surface area contributed by atoms with Crippen molar-refractivity contribution >= 4 is 22.0 Å². The first-order valence-corrected chi connectivity index (χ1v) is 5.87. The Labute approximate surface area is 97.5 Å². The van der Waals surface area contributed by atoms with Gasteiger partial charge in [-0.15, -0.1) is 0 Å². The van der Waals surface area contributed by atoms with Gasteiger partial charge in [0.15, 0.2) is 0 Å². The number of hydrogen-bond donors (Lipinski definition) is 1. The average Bonchev–Trinajstić information content (AvgIpc) is 2.27. The Hall–Kier alpha value is -2.02. The molecule has 7 nitrogen and oxygen atoms in total. The Morgan fingerprint density at radius 3 is 2.65 bits per heavy atom. The summed E-state index contributed by atoms with van der Waals surface area (Å²) in [7, 11) is -2.72. The van der Waals surface area contributed by atoms with E-state index in [0.29, 0.717) is 6.21 Å². The van der Waals surface area contributed by atoms with E-state index < -0.39 is 15.8 Å². The van der Waals surface area contributed by atoms with Crippen LogP contribution in [0.15, 0.2) is 23.1 Å². The fourth-order valence-corrected chi connectivity index (χ4v) is 1.90. The van der Waals surface area contributed by atoms with Crippen LogP contribution in [0, 0.1) is 0 Å². The van der Waals surface area contributed by atoms with Crippen molar-refractivity contribution < 1.29 is 22.7 Å². The average molecular weight is 255 g/mol. The number of nitrogens with two attached hydrogens (primary N) is 1. The number of primary sulfonamides is 1. The van der Waals surface area contributed by atoms with E-state index in [4.69, 9.17) is 15.4 Å². The second kappa shape index (κ2) is 4.88. The molecule has 0 saturated heterocycles. The smallest absolute Gasteiger partial charge is 0.328 e. The zero-order chi connectivity index (χ0) is 13.1. The van der Waals surface area contributed by atoms with Crippen molar-refractivity contribution in [2.75, 3.05) is 7.11 Å². The van der Waals surface area contributed by atoms with Gasteiger partial charge in [-0.05, 0) is 18.2 Å². The fraction of sp³-hybridized carbons (Fsp3) is 0.111. The molecule has 0 amide bonds. The minimum atomic E-state index is -4.00. The molecule has 0 unspecified atom stereocenters. The van der Waals surface area contributed by atoms with Crippen LogP contribution in [0.5, 0.6) is 5.75 Å². The van der Waals surface area contributed by atoms with Crippen molar-refractivity contribution in [2.24, 2.45) is 5.14 Å². The lowest BCUT2D eigenvalue weighted by Gasteiger charge is -2.06. The van der Waals surface area contributed by atoms with Crippen LogP contribution >= 0.6 is 0 Å². The summed E-state index contributed by atoms with van der Waals surface area (Å²) in [5.74, 6) is -0.620. The highest BCUT2D eigenvalue weighted by atomic mass is 32.2. The molecule has 17 heavy (non-hydrogen) atoms. The van der Waals surface area contributed by atoms with Crippen LogP contribution in [-0.4, -0.2) is 32.3 Å². The molecule has 0 bridgehead atoms. The summed E-state index contributed by atoms with van der Waals surface area (Å²) in [6.45, 7) is 0. The normalized spacial score (nSPS) is 10.5. The minimum Gasteiger partial charge on any atom is -0.495 e. The highest BCUT2D eigenvalue weighted by molar-refractivity contribution is 7.89. The molecule has 0 atom stereocenters. The molecule has 0 spiro atoms. The number of ether oxygens (including phenoxy) is 1. The van der Waals surface area contributed by atoms with Crippen molar-refractivity contribution in [3.63, 3.8) is 0 Å². The van der Waals surface area contributed by atoms with Gasteiger partial charge in [0, 0.05) is 5.56 Å². The lowest BCUT2D eigenvalue weighted by Crippen LogP contribution is -2.14. The van der Waals surface area contributed by atoms with Gasteiger partial charge in [-0.2, -0.15) is 4.79 Å². The van der Waals surface area contributed by atoms with Gasteiger partial charge in [0.25, 0.3) is 5.78 Å². The number of sulfonamides is 1. The van der Waals surface area contributed by atoms with Crippen LogP contribution in [-0.2, 0) is 10.0 Å². The molecule has 0 radical (unpaired) electrons. The monoisotopic (exact) mass is 255 g/mol. The van der Waals surface area contributed by atoms with E-state index in [1.807, 2.05) is 0 Å².